The summed E-state index contributed by atoms with van der Waals surface area (Å²) in [6.07, 6.45) is 2.56. The van der Waals surface area contributed by atoms with Gasteiger partial charge in [-0.25, -0.2) is 12.8 Å². The van der Waals surface area contributed by atoms with Crippen molar-refractivity contribution in [2.45, 2.75) is 25.7 Å². The van der Waals surface area contributed by atoms with E-state index in [1.54, 1.807) is 0 Å². The molecule has 0 saturated heterocycles. The molecule has 0 aromatic heterocycles. The molecule has 3 nitrogen and oxygen atoms in total. The van der Waals surface area contributed by atoms with Crippen LogP contribution >= 0.6 is 10.7 Å². The number of hydrogen-bond donors (Lipinski definition) is 0. The van der Waals surface area contributed by atoms with Gasteiger partial charge >= 0.3 is 0 Å². The molecule has 0 amide bonds. The standard InChI is InChI=1S/C12H15ClF2O3S/c13-19(16,17)9-4-2-1-3-8-18-11-7-5-6-10(14)12(11)15/h5-7H,1-4,8-9H2. The second-order valence-corrected chi connectivity index (χ2v) is 6.95. The average molecular weight is 313 g/mol. The van der Waals surface area contributed by atoms with Crippen LogP contribution in [0.3, 0.4) is 0 Å². The lowest BCUT2D eigenvalue weighted by molar-refractivity contribution is 0.285. The number of unbranched alkanes of at least 4 members (excludes halogenated alkanes) is 3. The molecule has 0 saturated carbocycles. The highest BCUT2D eigenvalue weighted by Gasteiger charge is 2.08. The summed E-state index contributed by atoms with van der Waals surface area (Å²) < 4.78 is 52.4. The van der Waals surface area contributed by atoms with Crippen molar-refractivity contribution in [1.82, 2.24) is 0 Å². The summed E-state index contributed by atoms with van der Waals surface area (Å²) in [5, 5.41) is 0. The first-order valence-electron chi connectivity index (χ1n) is 5.89. The molecule has 19 heavy (non-hydrogen) atoms. The zero-order valence-corrected chi connectivity index (χ0v) is 11.8. The predicted molar refractivity (Wildman–Crippen MR) is 70.0 cm³/mol. The molecular weight excluding hydrogens is 298 g/mol. The van der Waals surface area contributed by atoms with Gasteiger partial charge in [0, 0.05) is 10.7 Å². The lowest BCUT2D eigenvalue weighted by atomic mass is 10.2. The van der Waals surface area contributed by atoms with E-state index in [0.717, 1.165) is 12.5 Å². The van der Waals surface area contributed by atoms with Gasteiger partial charge in [-0.3, -0.25) is 0 Å². The van der Waals surface area contributed by atoms with E-state index in [9.17, 15) is 17.2 Å². The molecular formula is C12H15ClF2O3S. The van der Waals surface area contributed by atoms with Gasteiger partial charge in [0.15, 0.2) is 11.6 Å². The van der Waals surface area contributed by atoms with Gasteiger partial charge in [-0.1, -0.05) is 18.9 Å². The Bertz CT molecular complexity index is 506. The van der Waals surface area contributed by atoms with E-state index in [1.807, 2.05) is 0 Å². The van der Waals surface area contributed by atoms with Crippen molar-refractivity contribution < 1.29 is 21.9 Å². The van der Waals surface area contributed by atoms with Crippen molar-refractivity contribution in [3.05, 3.63) is 29.8 Å². The zero-order valence-electron chi connectivity index (χ0n) is 10.2. The Labute approximate surface area is 115 Å². The quantitative estimate of drug-likeness (QED) is 0.545. The third kappa shape index (κ3) is 6.73. The van der Waals surface area contributed by atoms with Crippen LogP contribution in [-0.2, 0) is 9.05 Å². The van der Waals surface area contributed by atoms with Crippen LogP contribution in [0, 0.1) is 11.6 Å². The minimum Gasteiger partial charge on any atom is -0.490 e. The number of benzene rings is 1. The summed E-state index contributed by atoms with van der Waals surface area (Å²) in [5.41, 5.74) is 0. The van der Waals surface area contributed by atoms with Crippen LogP contribution in [0.5, 0.6) is 5.75 Å². The normalized spacial score (nSPS) is 11.5. The van der Waals surface area contributed by atoms with E-state index in [1.165, 1.54) is 12.1 Å². The Morgan fingerprint density at radius 1 is 1.11 bits per heavy atom. The summed E-state index contributed by atoms with van der Waals surface area (Å²) in [5.74, 6) is -2.09. The molecule has 108 valence electrons. The maximum Gasteiger partial charge on any atom is 0.232 e. The van der Waals surface area contributed by atoms with E-state index >= 15 is 0 Å². The van der Waals surface area contributed by atoms with Gasteiger partial charge in [-0.15, -0.1) is 0 Å². The third-order valence-electron chi connectivity index (χ3n) is 2.46. The largest absolute Gasteiger partial charge is 0.490 e. The van der Waals surface area contributed by atoms with E-state index in [-0.39, 0.29) is 18.1 Å². The molecule has 7 heteroatoms. The molecule has 0 spiro atoms. The molecule has 0 bridgehead atoms. The summed E-state index contributed by atoms with van der Waals surface area (Å²) >= 11 is 0. The van der Waals surface area contributed by atoms with Crippen molar-refractivity contribution in [3.63, 3.8) is 0 Å². The van der Waals surface area contributed by atoms with Gasteiger partial charge in [-0.05, 0) is 25.0 Å². The number of ether oxygens (including phenoxy) is 1. The summed E-state index contributed by atoms with van der Waals surface area (Å²) in [7, 11) is 1.64. The van der Waals surface area contributed by atoms with Gasteiger partial charge in [0.1, 0.15) is 0 Å². The van der Waals surface area contributed by atoms with Crippen LogP contribution in [-0.4, -0.2) is 20.8 Å². The van der Waals surface area contributed by atoms with Gasteiger partial charge < -0.3 is 4.74 Å². The van der Waals surface area contributed by atoms with Crippen LogP contribution in [0.4, 0.5) is 8.78 Å². The Hall–Kier alpha value is -0.880. The molecule has 0 aliphatic rings. The molecule has 1 rings (SSSR count). The van der Waals surface area contributed by atoms with Gasteiger partial charge in [0.25, 0.3) is 0 Å². The summed E-state index contributed by atoms with van der Waals surface area (Å²) in [6, 6.07) is 3.76. The number of hydrogen-bond acceptors (Lipinski definition) is 3. The van der Waals surface area contributed by atoms with Crippen molar-refractivity contribution in [1.29, 1.82) is 0 Å². The lowest BCUT2D eigenvalue weighted by Gasteiger charge is -2.07. The average Bonchev–Trinajstić information content (AvgIpc) is 2.31. The fourth-order valence-corrected chi connectivity index (χ4v) is 2.38. The van der Waals surface area contributed by atoms with Crippen LogP contribution in [0.1, 0.15) is 25.7 Å². The Kier molecular flexibility index (Phi) is 6.51. The van der Waals surface area contributed by atoms with Crippen LogP contribution in [0.15, 0.2) is 18.2 Å². The maximum absolute atomic E-state index is 13.2. The Balaban J connectivity index is 2.16. The first-order chi connectivity index (χ1) is 8.90. The van der Waals surface area contributed by atoms with E-state index in [4.69, 9.17) is 15.4 Å². The van der Waals surface area contributed by atoms with Gasteiger partial charge in [0.2, 0.25) is 14.9 Å². The SMILES string of the molecule is O=S(=O)(Cl)CCCCCCOc1cccc(F)c1F. The predicted octanol–water partition coefficient (Wildman–Crippen LogP) is 3.47. The lowest BCUT2D eigenvalue weighted by Crippen LogP contribution is -2.01. The second kappa shape index (κ2) is 7.65. The van der Waals surface area contributed by atoms with Crippen LogP contribution in [0.25, 0.3) is 0 Å². The highest BCUT2D eigenvalue weighted by molar-refractivity contribution is 8.13. The monoisotopic (exact) mass is 312 g/mol. The Morgan fingerprint density at radius 3 is 2.47 bits per heavy atom. The topological polar surface area (TPSA) is 43.4 Å². The van der Waals surface area contributed by atoms with Crippen molar-refractivity contribution in [2.24, 2.45) is 0 Å². The highest BCUT2D eigenvalue weighted by atomic mass is 35.7. The zero-order chi connectivity index (χ0) is 14.3. The molecule has 1 aromatic carbocycles. The third-order valence-corrected chi connectivity index (χ3v) is 3.70. The van der Waals surface area contributed by atoms with E-state index < -0.39 is 20.7 Å². The van der Waals surface area contributed by atoms with Gasteiger partial charge in [-0.2, -0.15) is 4.39 Å². The number of halogens is 3. The maximum atomic E-state index is 13.2. The smallest absolute Gasteiger partial charge is 0.232 e. The Morgan fingerprint density at radius 2 is 1.79 bits per heavy atom. The molecule has 0 aliphatic carbocycles. The first-order valence-corrected chi connectivity index (χ1v) is 8.37. The molecule has 0 radical (unpaired) electrons. The fraction of sp³-hybridized carbons (Fsp3) is 0.500. The highest BCUT2D eigenvalue weighted by Crippen LogP contribution is 2.19. The fourth-order valence-electron chi connectivity index (χ4n) is 1.51. The number of rotatable bonds is 8. The first kappa shape index (κ1) is 16.2. The molecule has 0 atom stereocenters. The molecule has 1 aromatic rings. The van der Waals surface area contributed by atoms with Crippen LogP contribution < -0.4 is 4.74 Å². The van der Waals surface area contributed by atoms with Crippen LogP contribution in [0.2, 0.25) is 0 Å². The minimum absolute atomic E-state index is 0.0477. The van der Waals surface area contributed by atoms with Gasteiger partial charge in [0.05, 0.1) is 12.4 Å². The van der Waals surface area contributed by atoms with Crippen molar-refractivity contribution >= 4 is 19.7 Å². The molecule has 0 aliphatic heterocycles. The summed E-state index contributed by atoms with van der Waals surface area (Å²) in [6.45, 7) is 0.258. The van der Waals surface area contributed by atoms with E-state index in [0.29, 0.717) is 19.3 Å². The van der Waals surface area contributed by atoms with Crippen molar-refractivity contribution in [2.75, 3.05) is 12.4 Å². The molecule has 0 unspecified atom stereocenters. The van der Waals surface area contributed by atoms with E-state index in [2.05, 4.69) is 0 Å². The second-order valence-electron chi connectivity index (χ2n) is 4.06. The molecule has 0 heterocycles. The van der Waals surface area contributed by atoms with Crippen molar-refractivity contribution in [3.8, 4) is 5.75 Å². The summed E-state index contributed by atoms with van der Waals surface area (Å²) in [4.78, 5) is 0. The minimum atomic E-state index is -3.42. The molecule has 0 N–H and O–H groups in total. The molecule has 0 fully saturated rings.